The van der Waals surface area contributed by atoms with Gasteiger partial charge in [0.1, 0.15) is 0 Å². The van der Waals surface area contributed by atoms with E-state index in [0.29, 0.717) is 0 Å². The number of hydrogen-bond acceptors (Lipinski definition) is 4. The predicted octanol–water partition coefficient (Wildman–Crippen LogP) is 2.07. The number of aryl methyl sites for hydroxylation is 1. The average molecular weight is 274 g/mol. The van der Waals surface area contributed by atoms with Gasteiger partial charge in [0.2, 0.25) is 0 Å². The minimum atomic E-state index is -3.34. The molecular weight excluding hydrogens is 252 g/mol. The van der Waals surface area contributed by atoms with Gasteiger partial charge in [0.25, 0.3) is 10.1 Å². The Morgan fingerprint density at radius 3 is 2.11 bits per heavy atom. The van der Waals surface area contributed by atoms with Gasteiger partial charge in [-0.15, -0.1) is 0 Å². The minimum absolute atomic E-state index is 0.0836. The number of aliphatic hydroxyl groups is 1. The van der Waals surface area contributed by atoms with Crippen molar-refractivity contribution in [3.8, 4) is 0 Å². The van der Waals surface area contributed by atoms with E-state index >= 15 is 0 Å². The Kier molecular flexibility index (Phi) is 7.82. The maximum atomic E-state index is 10.8. The minimum Gasteiger partial charge on any atom is -0.397 e. The topological polar surface area (TPSA) is 63.6 Å². The lowest BCUT2D eigenvalue weighted by Gasteiger charge is -2.11. The summed E-state index contributed by atoms with van der Waals surface area (Å²) in [6, 6.07) is 8.00. The molecule has 1 unspecified atom stereocenters. The van der Waals surface area contributed by atoms with Gasteiger partial charge >= 0.3 is 0 Å². The van der Waals surface area contributed by atoms with Crippen LogP contribution in [0.15, 0.2) is 24.3 Å². The fourth-order valence-corrected chi connectivity index (χ4v) is 1.67. The average Bonchev–Trinajstić information content (AvgIpc) is 2.27. The van der Waals surface area contributed by atoms with Crippen molar-refractivity contribution in [3.05, 3.63) is 35.4 Å². The van der Waals surface area contributed by atoms with Crippen LogP contribution in [0.25, 0.3) is 0 Å². The van der Waals surface area contributed by atoms with Crippen LogP contribution in [-0.2, 0) is 14.3 Å². The SMILES string of the molecule is CCO.Cc1ccc(C(C)COS(C)(=O)=O)cc1. The van der Waals surface area contributed by atoms with Crippen molar-refractivity contribution in [3.63, 3.8) is 0 Å². The quantitative estimate of drug-likeness (QED) is 0.854. The van der Waals surface area contributed by atoms with Crippen molar-refractivity contribution in [1.82, 2.24) is 0 Å². The first-order valence-corrected chi connectivity index (χ1v) is 7.63. The molecule has 0 spiro atoms. The zero-order valence-corrected chi connectivity index (χ0v) is 12.2. The number of rotatable bonds is 4. The van der Waals surface area contributed by atoms with E-state index in [4.69, 9.17) is 9.29 Å². The van der Waals surface area contributed by atoms with Crippen LogP contribution in [0.2, 0.25) is 0 Å². The van der Waals surface area contributed by atoms with Crippen LogP contribution in [0.5, 0.6) is 0 Å². The summed E-state index contributed by atoms with van der Waals surface area (Å²) >= 11 is 0. The zero-order chi connectivity index (χ0) is 14.2. The van der Waals surface area contributed by atoms with Crippen molar-refractivity contribution in [2.24, 2.45) is 0 Å². The lowest BCUT2D eigenvalue weighted by atomic mass is 10.0. The molecule has 0 bridgehead atoms. The molecule has 1 aromatic rings. The lowest BCUT2D eigenvalue weighted by molar-refractivity contribution is 0.301. The second-order valence-corrected chi connectivity index (χ2v) is 5.76. The highest BCUT2D eigenvalue weighted by Crippen LogP contribution is 2.16. The molecule has 4 nitrogen and oxygen atoms in total. The maximum Gasteiger partial charge on any atom is 0.264 e. The first-order valence-electron chi connectivity index (χ1n) is 5.82. The van der Waals surface area contributed by atoms with Crippen molar-refractivity contribution < 1.29 is 17.7 Å². The summed E-state index contributed by atoms with van der Waals surface area (Å²) in [7, 11) is -3.34. The molecule has 1 aromatic carbocycles. The second kappa shape index (κ2) is 8.24. The van der Waals surface area contributed by atoms with E-state index in [1.165, 1.54) is 5.56 Å². The summed E-state index contributed by atoms with van der Waals surface area (Å²) in [5, 5.41) is 7.57. The van der Waals surface area contributed by atoms with E-state index in [-0.39, 0.29) is 19.1 Å². The summed E-state index contributed by atoms with van der Waals surface area (Å²) in [5.41, 5.74) is 2.28. The molecule has 1 rings (SSSR count). The molecule has 0 saturated carbocycles. The standard InChI is InChI=1S/C11H16O3S.C2H6O/c1-9-4-6-11(7-5-9)10(2)8-14-15(3,12)13;1-2-3/h4-7,10H,8H2,1-3H3;3H,2H2,1H3. The van der Waals surface area contributed by atoms with Gasteiger partial charge in [-0.3, -0.25) is 4.18 Å². The first kappa shape index (κ1) is 17.1. The largest absolute Gasteiger partial charge is 0.397 e. The summed E-state index contributed by atoms with van der Waals surface area (Å²) in [4.78, 5) is 0. The monoisotopic (exact) mass is 274 g/mol. The Morgan fingerprint density at radius 2 is 1.72 bits per heavy atom. The third-order valence-corrected chi connectivity index (χ3v) is 2.74. The second-order valence-electron chi connectivity index (χ2n) is 4.12. The molecule has 1 atom stereocenters. The highest BCUT2D eigenvalue weighted by atomic mass is 32.2. The van der Waals surface area contributed by atoms with Crippen LogP contribution in [0, 0.1) is 6.92 Å². The van der Waals surface area contributed by atoms with Crippen LogP contribution in [0.4, 0.5) is 0 Å². The molecule has 1 N–H and O–H groups in total. The molecular formula is C13H22O4S. The first-order chi connectivity index (χ1) is 8.30. The third-order valence-electron chi connectivity index (χ3n) is 2.18. The Hall–Kier alpha value is -0.910. The molecule has 0 radical (unpaired) electrons. The van der Waals surface area contributed by atoms with Gasteiger partial charge in [-0.05, 0) is 19.4 Å². The van der Waals surface area contributed by atoms with Crippen LogP contribution in [0.1, 0.15) is 30.9 Å². The Labute approximate surface area is 110 Å². The molecule has 0 aromatic heterocycles. The van der Waals surface area contributed by atoms with E-state index in [0.717, 1.165) is 11.8 Å². The Bertz CT molecular complexity index is 423. The summed E-state index contributed by atoms with van der Waals surface area (Å²) in [5.74, 6) is 0.0836. The van der Waals surface area contributed by atoms with Crippen LogP contribution < -0.4 is 0 Å². The normalized spacial score (nSPS) is 12.5. The zero-order valence-electron chi connectivity index (χ0n) is 11.4. The fraction of sp³-hybridized carbons (Fsp3) is 0.538. The smallest absolute Gasteiger partial charge is 0.264 e. The van der Waals surface area contributed by atoms with Crippen molar-refractivity contribution in [1.29, 1.82) is 0 Å². The molecule has 18 heavy (non-hydrogen) atoms. The molecule has 0 saturated heterocycles. The highest BCUT2D eigenvalue weighted by molar-refractivity contribution is 7.85. The summed E-state index contributed by atoms with van der Waals surface area (Å²) in [6.45, 7) is 6.08. The van der Waals surface area contributed by atoms with E-state index in [9.17, 15) is 8.42 Å². The number of benzene rings is 1. The summed E-state index contributed by atoms with van der Waals surface area (Å²) < 4.78 is 26.3. The van der Waals surface area contributed by atoms with Gasteiger partial charge in [0.05, 0.1) is 12.9 Å². The molecule has 0 aliphatic carbocycles. The Morgan fingerprint density at radius 1 is 1.28 bits per heavy atom. The number of hydrogen-bond donors (Lipinski definition) is 1. The van der Waals surface area contributed by atoms with Crippen molar-refractivity contribution >= 4 is 10.1 Å². The number of aliphatic hydroxyl groups excluding tert-OH is 1. The molecule has 0 heterocycles. The highest BCUT2D eigenvalue weighted by Gasteiger charge is 2.09. The van der Waals surface area contributed by atoms with Crippen molar-refractivity contribution in [2.45, 2.75) is 26.7 Å². The lowest BCUT2D eigenvalue weighted by Crippen LogP contribution is -2.09. The van der Waals surface area contributed by atoms with E-state index in [1.807, 2.05) is 38.1 Å². The van der Waals surface area contributed by atoms with Crippen LogP contribution in [0.3, 0.4) is 0 Å². The molecule has 5 heteroatoms. The van der Waals surface area contributed by atoms with Gasteiger partial charge < -0.3 is 5.11 Å². The fourth-order valence-electron chi connectivity index (χ4n) is 1.22. The van der Waals surface area contributed by atoms with Gasteiger partial charge in [-0.2, -0.15) is 8.42 Å². The third kappa shape index (κ3) is 8.22. The van der Waals surface area contributed by atoms with Crippen LogP contribution >= 0.6 is 0 Å². The molecule has 104 valence electrons. The van der Waals surface area contributed by atoms with Gasteiger partial charge in [-0.1, -0.05) is 36.8 Å². The molecule has 0 aliphatic rings. The summed E-state index contributed by atoms with van der Waals surface area (Å²) in [6.07, 6.45) is 1.06. The molecule has 0 aliphatic heterocycles. The Balaban J connectivity index is 0.000000873. The molecule has 0 amide bonds. The van der Waals surface area contributed by atoms with E-state index in [1.54, 1.807) is 6.92 Å². The van der Waals surface area contributed by atoms with Crippen LogP contribution in [-0.4, -0.2) is 33.0 Å². The van der Waals surface area contributed by atoms with E-state index in [2.05, 4.69) is 0 Å². The van der Waals surface area contributed by atoms with Crippen molar-refractivity contribution in [2.75, 3.05) is 19.5 Å². The van der Waals surface area contributed by atoms with Gasteiger partial charge in [0.15, 0.2) is 0 Å². The predicted molar refractivity (Wildman–Crippen MR) is 73.1 cm³/mol. The molecule has 0 fully saturated rings. The maximum absolute atomic E-state index is 10.8. The van der Waals surface area contributed by atoms with E-state index < -0.39 is 10.1 Å². The van der Waals surface area contributed by atoms with Gasteiger partial charge in [0, 0.05) is 12.5 Å². The van der Waals surface area contributed by atoms with Gasteiger partial charge in [-0.25, -0.2) is 0 Å².